The van der Waals surface area contributed by atoms with Crippen LogP contribution in [0, 0.1) is 0 Å². The fourth-order valence-electron chi connectivity index (χ4n) is 3.26. The molecule has 0 radical (unpaired) electrons. The Morgan fingerprint density at radius 1 is 1.24 bits per heavy atom. The zero-order valence-electron chi connectivity index (χ0n) is 10.7. The Balaban J connectivity index is 1.87. The van der Waals surface area contributed by atoms with Gasteiger partial charge in [-0.2, -0.15) is 0 Å². The number of nitrogens with one attached hydrogen (secondary N) is 1. The van der Waals surface area contributed by atoms with E-state index in [2.05, 4.69) is 27.0 Å². The molecule has 4 nitrogen and oxygen atoms in total. The van der Waals surface area contributed by atoms with Crippen LogP contribution in [-0.2, 0) is 6.54 Å². The van der Waals surface area contributed by atoms with Gasteiger partial charge in [-0.25, -0.2) is 0 Å². The molecule has 1 aliphatic carbocycles. The summed E-state index contributed by atoms with van der Waals surface area (Å²) in [6.45, 7) is 4.35. The maximum absolute atomic E-state index is 4.49. The lowest BCUT2D eigenvalue weighted by Gasteiger charge is -2.25. The first-order valence-electron chi connectivity index (χ1n) is 7.06. The lowest BCUT2D eigenvalue weighted by molar-refractivity contribution is 0.383. The highest BCUT2D eigenvalue weighted by Crippen LogP contribution is 2.34. The molecule has 3 rings (SSSR count). The molecule has 1 aromatic heterocycles. The van der Waals surface area contributed by atoms with Crippen LogP contribution in [0.5, 0.6) is 0 Å². The van der Waals surface area contributed by atoms with Gasteiger partial charge in [0, 0.05) is 19.0 Å². The largest absolute Gasteiger partial charge is 0.312 e. The number of hydrogen-bond donors (Lipinski definition) is 1. The molecule has 1 aromatic rings. The molecule has 1 N–H and O–H groups in total. The summed E-state index contributed by atoms with van der Waals surface area (Å²) < 4.78 is 2.40. The Kier molecular flexibility index (Phi) is 3.14. The molecule has 0 saturated heterocycles. The van der Waals surface area contributed by atoms with Gasteiger partial charge in [-0.15, -0.1) is 10.2 Å². The van der Waals surface area contributed by atoms with Crippen molar-refractivity contribution in [2.45, 2.75) is 64.0 Å². The normalized spacial score (nSPS) is 25.1. The summed E-state index contributed by atoms with van der Waals surface area (Å²) in [5, 5.41) is 12.5. The molecule has 1 saturated carbocycles. The summed E-state index contributed by atoms with van der Waals surface area (Å²) in [7, 11) is 0. The van der Waals surface area contributed by atoms with E-state index in [0.717, 1.165) is 13.1 Å². The second-order valence-corrected chi connectivity index (χ2v) is 5.34. The Hall–Kier alpha value is -0.900. The Labute approximate surface area is 103 Å². The van der Waals surface area contributed by atoms with Crippen LogP contribution >= 0.6 is 0 Å². The van der Waals surface area contributed by atoms with Crippen molar-refractivity contribution in [2.24, 2.45) is 0 Å². The van der Waals surface area contributed by atoms with Gasteiger partial charge in [-0.1, -0.05) is 26.2 Å². The molecule has 1 unspecified atom stereocenters. The van der Waals surface area contributed by atoms with Crippen LogP contribution in [-0.4, -0.2) is 21.3 Å². The van der Waals surface area contributed by atoms with Gasteiger partial charge in [-0.05, 0) is 19.3 Å². The number of hydrogen-bond acceptors (Lipinski definition) is 3. The maximum atomic E-state index is 4.49. The lowest BCUT2D eigenvalue weighted by atomic mass is 10.1. The first kappa shape index (κ1) is 11.2. The molecule has 94 valence electrons. The number of rotatable bonds is 3. The van der Waals surface area contributed by atoms with Crippen molar-refractivity contribution in [2.75, 3.05) is 6.54 Å². The fourth-order valence-corrected chi connectivity index (χ4v) is 3.26. The monoisotopic (exact) mass is 234 g/mol. The predicted molar refractivity (Wildman–Crippen MR) is 66.9 cm³/mol. The summed E-state index contributed by atoms with van der Waals surface area (Å²) >= 11 is 0. The van der Waals surface area contributed by atoms with Crippen molar-refractivity contribution >= 4 is 0 Å². The van der Waals surface area contributed by atoms with Crippen LogP contribution in [0.15, 0.2) is 0 Å². The van der Waals surface area contributed by atoms with E-state index in [1.165, 1.54) is 50.2 Å². The van der Waals surface area contributed by atoms with E-state index in [4.69, 9.17) is 0 Å². The number of aromatic nitrogens is 3. The van der Waals surface area contributed by atoms with Gasteiger partial charge in [0.15, 0.2) is 0 Å². The van der Waals surface area contributed by atoms with Crippen LogP contribution in [0.3, 0.4) is 0 Å². The average Bonchev–Trinajstić information content (AvgIpc) is 2.97. The van der Waals surface area contributed by atoms with Crippen molar-refractivity contribution in [3.8, 4) is 0 Å². The number of fused-ring (bicyclic) bond motifs is 1. The molecule has 4 heteroatoms. The zero-order valence-corrected chi connectivity index (χ0v) is 10.7. The second kappa shape index (κ2) is 4.77. The topological polar surface area (TPSA) is 42.7 Å². The summed E-state index contributed by atoms with van der Waals surface area (Å²) in [6, 6.07) is 0.427. The molecule has 0 aromatic carbocycles. The van der Waals surface area contributed by atoms with Crippen LogP contribution in [0.2, 0.25) is 0 Å². The van der Waals surface area contributed by atoms with Gasteiger partial charge in [0.05, 0.1) is 6.04 Å². The predicted octanol–water partition coefficient (Wildman–Crippen LogP) is 2.38. The van der Waals surface area contributed by atoms with E-state index in [0.29, 0.717) is 12.0 Å². The number of nitrogens with zero attached hydrogens (tertiary/aromatic N) is 3. The van der Waals surface area contributed by atoms with Crippen LogP contribution in [0.4, 0.5) is 0 Å². The maximum Gasteiger partial charge on any atom is 0.150 e. The van der Waals surface area contributed by atoms with Crippen LogP contribution in [0.1, 0.15) is 69.1 Å². The Morgan fingerprint density at radius 3 is 2.76 bits per heavy atom. The van der Waals surface area contributed by atoms with Crippen LogP contribution in [0.25, 0.3) is 0 Å². The van der Waals surface area contributed by atoms with Crippen molar-refractivity contribution in [3.63, 3.8) is 0 Å². The molecule has 0 bridgehead atoms. The van der Waals surface area contributed by atoms with Gasteiger partial charge in [0.2, 0.25) is 0 Å². The summed E-state index contributed by atoms with van der Waals surface area (Å²) in [5.41, 5.74) is 0. The smallest absolute Gasteiger partial charge is 0.150 e. The molecule has 0 spiro atoms. The van der Waals surface area contributed by atoms with Gasteiger partial charge >= 0.3 is 0 Å². The fraction of sp³-hybridized carbons (Fsp3) is 0.846. The molecule has 2 aliphatic rings. The van der Waals surface area contributed by atoms with E-state index in [-0.39, 0.29) is 0 Å². The summed E-state index contributed by atoms with van der Waals surface area (Å²) in [6.07, 6.45) is 7.72. The minimum Gasteiger partial charge on any atom is -0.312 e. The third-order valence-electron chi connectivity index (χ3n) is 4.14. The van der Waals surface area contributed by atoms with Crippen molar-refractivity contribution < 1.29 is 0 Å². The highest BCUT2D eigenvalue weighted by atomic mass is 15.3. The molecule has 1 atom stereocenters. The van der Waals surface area contributed by atoms with Crippen LogP contribution < -0.4 is 5.32 Å². The Bertz CT molecular complexity index is 379. The first-order chi connectivity index (χ1) is 8.40. The summed E-state index contributed by atoms with van der Waals surface area (Å²) in [4.78, 5) is 0. The van der Waals surface area contributed by atoms with E-state index in [1.54, 1.807) is 0 Å². The molecular weight excluding hydrogens is 212 g/mol. The quantitative estimate of drug-likeness (QED) is 0.873. The first-order valence-corrected chi connectivity index (χ1v) is 7.06. The third kappa shape index (κ3) is 1.99. The highest BCUT2D eigenvalue weighted by Gasteiger charge is 2.28. The molecular formula is C13H22N4. The van der Waals surface area contributed by atoms with Crippen molar-refractivity contribution in [1.82, 2.24) is 20.1 Å². The second-order valence-electron chi connectivity index (χ2n) is 5.34. The minimum absolute atomic E-state index is 0.427. The van der Waals surface area contributed by atoms with Gasteiger partial charge in [0.25, 0.3) is 0 Å². The van der Waals surface area contributed by atoms with Crippen molar-refractivity contribution in [1.29, 1.82) is 0 Å². The van der Waals surface area contributed by atoms with E-state index < -0.39 is 0 Å². The standard InChI is InChI=1S/C13H22N4/c1-2-5-11-13-16-15-12(10-6-3-4-7-10)17(13)9-8-14-11/h10-11,14H,2-9H2,1H3. The van der Waals surface area contributed by atoms with Gasteiger partial charge < -0.3 is 9.88 Å². The lowest BCUT2D eigenvalue weighted by Crippen LogP contribution is -2.34. The Morgan fingerprint density at radius 2 is 2.00 bits per heavy atom. The third-order valence-corrected chi connectivity index (χ3v) is 4.14. The zero-order chi connectivity index (χ0) is 11.7. The highest BCUT2D eigenvalue weighted by molar-refractivity contribution is 5.09. The molecule has 1 fully saturated rings. The van der Waals surface area contributed by atoms with Gasteiger partial charge in [-0.3, -0.25) is 0 Å². The van der Waals surface area contributed by atoms with E-state index in [1.807, 2.05) is 0 Å². The molecule has 17 heavy (non-hydrogen) atoms. The SMILES string of the molecule is CCCC1NCCn2c(C3CCCC3)nnc21. The van der Waals surface area contributed by atoms with E-state index in [9.17, 15) is 0 Å². The average molecular weight is 234 g/mol. The molecule has 0 amide bonds. The molecule has 2 heterocycles. The van der Waals surface area contributed by atoms with Crippen molar-refractivity contribution in [3.05, 3.63) is 11.6 Å². The minimum atomic E-state index is 0.427. The van der Waals surface area contributed by atoms with E-state index >= 15 is 0 Å². The molecule has 1 aliphatic heterocycles. The summed E-state index contributed by atoms with van der Waals surface area (Å²) in [5.74, 6) is 3.12. The van der Waals surface area contributed by atoms with Gasteiger partial charge in [0.1, 0.15) is 11.6 Å².